The maximum atomic E-state index is 12.7. The Balaban J connectivity index is 1.49. The third kappa shape index (κ3) is 4.07. The largest absolute Gasteiger partial charge is 0.369 e. The summed E-state index contributed by atoms with van der Waals surface area (Å²) in [5.74, 6) is 0.0777. The number of carbonyl (C=O) groups is 1. The van der Waals surface area contributed by atoms with Gasteiger partial charge in [-0.1, -0.05) is 41.4 Å². The van der Waals surface area contributed by atoms with Crippen molar-refractivity contribution in [2.45, 2.75) is 12.8 Å². The van der Waals surface area contributed by atoms with E-state index in [-0.39, 0.29) is 22.3 Å². The first-order chi connectivity index (χ1) is 14.0. The Hall–Kier alpha value is -2.63. The van der Waals surface area contributed by atoms with E-state index in [0.717, 1.165) is 0 Å². The summed E-state index contributed by atoms with van der Waals surface area (Å²) in [5.41, 5.74) is 1.60. The SMILES string of the molecule is O=C(c1ccc(Cl)cc1)C1CCN(c2cnn(-c3ccccc3)c(=O)c2Cl)CC1. The quantitative estimate of drug-likeness (QED) is 0.569. The first-order valence-corrected chi connectivity index (χ1v) is 10.2. The molecule has 1 aromatic heterocycles. The van der Waals surface area contributed by atoms with E-state index in [2.05, 4.69) is 5.10 Å². The van der Waals surface area contributed by atoms with Gasteiger partial charge in [0.1, 0.15) is 5.02 Å². The van der Waals surface area contributed by atoms with Crippen molar-refractivity contribution in [2.75, 3.05) is 18.0 Å². The molecule has 2 aromatic carbocycles. The fourth-order valence-corrected chi connectivity index (χ4v) is 4.00. The Labute approximate surface area is 178 Å². The lowest BCUT2D eigenvalue weighted by Crippen LogP contribution is -2.38. The molecule has 0 bridgehead atoms. The number of benzene rings is 2. The van der Waals surface area contributed by atoms with Gasteiger partial charge < -0.3 is 4.90 Å². The lowest BCUT2D eigenvalue weighted by molar-refractivity contribution is 0.0900. The second-order valence-corrected chi connectivity index (χ2v) is 7.84. The van der Waals surface area contributed by atoms with Crippen LogP contribution in [-0.2, 0) is 0 Å². The molecule has 148 valence electrons. The predicted octanol–water partition coefficient (Wildman–Crippen LogP) is 4.64. The summed E-state index contributed by atoms with van der Waals surface area (Å²) in [5, 5.41) is 5.05. The van der Waals surface area contributed by atoms with Crippen LogP contribution in [0.3, 0.4) is 0 Å². The number of hydrogen-bond acceptors (Lipinski definition) is 4. The molecule has 0 N–H and O–H groups in total. The number of aromatic nitrogens is 2. The molecule has 3 aromatic rings. The highest BCUT2D eigenvalue weighted by atomic mass is 35.5. The van der Waals surface area contributed by atoms with E-state index in [4.69, 9.17) is 23.2 Å². The highest BCUT2D eigenvalue weighted by molar-refractivity contribution is 6.33. The van der Waals surface area contributed by atoms with Gasteiger partial charge in [-0.05, 0) is 49.2 Å². The van der Waals surface area contributed by atoms with E-state index in [9.17, 15) is 9.59 Å². The molecule has 0 amide bonds. The summed E-state index contributed by atoms with van der Waals surface area (Å²) >= 11 is 12.3. The summed E-state index contributed by atoms with van der Waals surface area (Å²) < 4.78 is 1.29. The Morgan fingerprint density at radius 2 is 1.62 bits per heavy atom. The highest BCUT2D eigenvalue weighted by Crippen LogP contribution is 2.29. The summed E-state index contributed by atoms with van der Waals surface area (Å²) in [6.45, 7) is 1.28. The van der Waals surface area contributed by atoms with E-state index in [1.54, 1.807) is 42.6 Å². The van der Waals surface area contributed by atoms with Crippen LogP contribution in [0.1, 0.15) is 23.2 Å². The second kappa shape index (κ2) is 8.39. The van der Waals surface area contributed by atoms with Crippen LogP contribution in [0.4, 0.5) is 5.69 Å². The summed E-state index contributed by atoms with van der Waals surface area (Å²) in [7, 11) is 0. The van der Waals surface area contributed by atoms with Crippen LogP contribution in [0.2, 0.25) is 10.0 Å². The van der Waals surface area contributed by atoms with E-state index in [1.807, 2.05) is 23.1 Å². The number of halogens is 2. The van der Waals surface area contributed by atoms with Crippen molar-refractivity contribution in [3.63, 3.8) is 0 Å². The van der Waals surface area contributed by atoms with Crippen molar-refractivity contribution in [2.24, 2.45) is 5.92 Å². The van der Waals surface area contributed by atoms with Crippen molar-refractivity contribution < 1.29 is 4.79 Å². The second-order valence-electron chi connectivity index (χ2n) is 7.03. The molecule has 2 heterocycles. The van der Waals surface area contributed by atoms with Gasteiger partial charge in [-0.3, -0.25) is 9.59 Å². The fourth-order valence-electron chi connectivity index (χ4n) is 3.63. The zero-order valence-corrected chi connectivity index (χ0v) is 17.1. The highest BCUT2D eigenvalue weighted by Gasteiger charge is 2.27. The van der Waals surface area contributed by atoms with Crippen molar-refractivity contribution in [1.82, 2.24) is 9.78 Å². The minimum absolute atomic E-state index is 0.0520. The molecule has 0 radical (unpaired) electrons. The number of nitrogens with zero attached hydrogens (tertiary/aromatic N) is 3. The van der Waals surface area contributed by atoms with Crippen LogP contribution in [0, 0.1) is 5.92 Å². The third-order valence-electron chi connectivity index (χ3n) is 5.24. The minimum Gasteiger partial charge on any atom is -0.369 e. The van der Waals surface area contributed by atoms with Gasteiger partial charge in [0, 0.05) is 29.6 Å². The third-order valence-corrected chi connectivity index (χ3v) is 5.84. The molecular formula is C22H19Cl2N3O2. The number of para-hydroxylation sites is 1. The topological polar surface area (TPSA) is 55.2 Å². The normalized spacial score (nSPS) is 14.8. The molecule has 0 unspecified atom stereocenters. The zero-order valence-electron chi connectivity index (χ0n) is 15.6. The molecule has 29 heavy (non-hydrogen) atoms. The van der Waals surface area contributed by atoms with Crippen molar-refractivity contribution in [3.05, 3.63) is 86.8 Å². The number of ketones is 1. The smallest absolute Gasteiger partial charge is 0.292 e. The van der Waals surface area contributed by atoms with Gasteiger partial charge in [-0.2, -0.15) is 9.78 Å². The van der Waals surface area contributed by atoms with Gasteiger partial charge in [-0.15, -0.1) is 0 Å². The average Bonchev–Trinajstić information content (AvgIpc) is 2.76. The van der Waals surface area contributed by atoms with Gasteiger partial charge >= 0.3 is 0 Å². The lowest BCUT2D eigenvalue weighted by atomic mass is 9.89. The van der Waals surface area contributed by atoms with Gasteiger partial charge in [-0.25, -0.2) is 0 Å². The molecule has 0 spiro atoms. The average molecular weight is 428 g/mol. The maximum absolute atomic E-state index is 12.7. The molecular weight excluding hydrogens is 409 g/mol. The zero-order chi connectivity index (χ0) is 20.4. The molecule has 5 nitrogen and oxygen atoms in total. The van der Waals surface area contributed by atoms with Crippen molar-refractivity contribution in [1.29, 1.82) is 0 Å². The van der Waals surface area contributed by atoms with Gasteiger partial charge in [0.05, 0.1) is 17.6 Å². The van der Waals surface area contributed by atoms with E-state index < -0.39 is 0 Å². The minimum atomic E-state index is -0.352. The Morgan fingerprint density at radius 3 is 2.28 bits per heavy atom. The molecule has 7 heteroatoms. The molecule has 4 rings (SSSR count). The van der Waals surface area contributed by atoms with Crippen LogP contribution in [0.5, 0.6) is 0 Å². The van der Waals surface area contributed by atoms with Gasteiger partial charge in [0.15, 0.2) is 5.78 Å². The summed E-state index contributed by atoms with van der Waals surface area (Å²) in [6.07, 6.45) is 3.01. The number of hydrogen-bond donors (Lipinski definition) is 0. The summed E-state index contributed by atoms with van der Waals surface area (Å²) in [4.78, 5) is 27.4. The first-order valence-electron chi connectivity index (χ1n) is 9.42. The fraction of sp³-hybridized carbons (Fsp3) is 0.227. The molecule has 0 aliphatic carbocycles. The monoisotopic (exact) mass is 427 g/mol. The van der Waals surface area contributed by atoms with Crippen LogP contribution >= 0.6 is 23.2 Å². The number of Topliss-reactive ketones (excluding diaryl/α,β-unsaturated/α-hetero) is 1. The molecule has 1 fully saturated rings. The van der Waals surface area contributed by atoms with E-state index in [0.29, 0.717) is 47.9 Å². The molecule has 0 saturated carbocycles. The first kappa shape index (κ1) is 19.7. The number of anilines is 1. The molecule has 1 aliphatic heterocycles. The number of rotatable bonds is 4. The molecule has 1 saturated heterocycles. The molecule has 0 atom stereocenters. The molecule has 1 aliphatic rings. The van der Waals surface area contributed by atoms with Gasteiger partial charge in [0.2, 0.25) is 0 Å². The predicted molar refractivity (Wildman–Crippen MR) is 116 cm³/mol. The maximum Gasteiger partial charge on any atom is 0.292 e. The number of carbonyl (C=O) groups excluding carboxylic acids is 1. The van der Waals surface area contributed by atoms with Crippen LogP contribution < -0.4 is 10.5 Å². The van der Waals surface area contributed by atoms with Crippen LogP contribution in [-0.4, -0.2) is 28.7 Å². The van der Waals surface area contributed by atoms with Crippen molar-refractivity contribution >= 4 is 34.7 Å². The Bertz CT molecular complexity index is 1070. The standard InChI is InChI=1S/C22H19Cl2N3O2/c23-17-8-6-15(7-9-17)21(28)16-10-12-26(13-11-16)19-14-25-27(22(29)20(19)24)18-4-2-1-3-5-18/h1-9,14,16H,10-13H2. The summed E-state index contributed by atoms with van der Waals surface area (Å²) in [6, 6.07) is 16.2. The Morgan fingerprint density at radius 1 is 0.966 bits per heavy atom. The van der Waals surface area contributed by atoms with Crippen molar-refractivity contribution in [3.8, 4) is 5.69 Å². The van der Waals surface area contributed by atoms with Gasteiger partial charge in [0.25, 0.3) is 5.56 Å². The van der Waals surface area contributed by atoms with E-state index in [1.165, 1.54) is 4.68 Å². The van der Waals surface area contributed by atoms with Crippen LogP contribution in [0.15, 0.2) is 65.6 Å². The lowest BCUT2D eigenvalue weighted by Gasteiger charge is -2.33. The Kier molecular flexibility index (Phi) is 5.69. The van der Waals surface area contributed by atoms with E-state index >= 15 is 0 Å². The number of piperidine rings is 1. The van der Waals surface area contributed by atoms with Crippen LogP contribution in [0.25, 0.3) is 5.69 Å².